The third kappa shape index (κ3) is 6.93. The number of hydrogen-bond acceptors (Lipinski definition) is 13. The number of nitrogens with zero attached hydrogens (tertiary/aromatic N) is 5. The van der Waals surface area contributed by atoms with Crippen LogP contribution in [-0.4, -0.2) is 103 Å². The number of fused-ring (bicyclic) bond motifs is 1. The van der Waals surface area contributed by atoms with Gasteiger partial charge in [0.2, 0.25) is 11.4 Å². The van der Waals surface area contributed by atoms with Gasteiger partial charge in [-0.1, -0.05) is 63.2 Å². The minimum absolute atomic E-state index is 0.00565. The van der Waals surface area contributed by atoms with E-state index in [9.17, 15) is 24.8 Å². The highest BCUT2D eigenvalue weighted by molar-refractivity contribution is 6.74. The van der Waals surface area contributed by atoms with Gasteiger partial charge in [-0.05, 0) is 23.7 Å². The van der Waals surface area contributed by atoms with E-state index in [1.54, 1.807) is 47.4 Å². The van der Waals surface area contributed by atoms with Gasteiger partial charge in [-0.2, -0.15) is 0 Å². The number of non-ortho nitro benzene ring substituents is 1. The minimum atomic E-state index is -2.52. The summed E-state index contributed by atoms with van der Waals surface area (Å²) in [6.07, 6.45) is -1.76. The number of nitro benzene ring substituents is 1. The average Bonchev–Trinajstić information content (AvgIpc) is 3.62. The van der Waals surface area contributed by atoms with Crippen molar-refractivity contribution in [2.75, 3.05) is 19.9 Å². The molecule has 1 amide bonds. The van der Waals surface area contributed by atoms with E-state index in [1.807, 2.05) is 0 Å². The maximum absolute atomic E-state index is 13.6. The van der Waals surface area contributed by atoms with Gasteiger partial charge in [0.05, 0.1) is 24.2 Å². The van der Waals surface area contributed by atoms with E-state index in [1.165, 1.54) is 18.5 Å². The molecule has 2 aromatic rings. The Hall–Kier alpha value is -4.35. The van der Waals surface area contributed by atoms with Gasteiger partial charge < -0.3 is 29.2 Å². The number of rotatable bonds is 11. The number of aliphatic hydroxyl groups is 1. The maximum atomic E-state index is 13.6. The first-order chi connectivity index (χ1) is 22.7. The lowest BCUT2D eigenvalue weighted by Gasteiger charge is -2.42. The Kier molecular flexibility index (Phi) is 9.93. The van der Waals surface area contributed by atoms with Crippen molar-refractivity contribution in [3.8, 4) is 0 Å². The van der Waals surface area contributed by atoms with Crippen LogP contribution in [0.4, 0.5) is 10.5 Å². The van der Waals surface area contributed by atoms with Gasteiger partial charge in [0.1, 0.15) is 30.9 Å². The Bertz CT molecular complexity index is 1630. The average molecular weight is 680 g/mol. The summed E-state index contributed by atoms with van der Waals surface area (Å²) in [5, 5.41) is 24.0. The molecule has 0 aromatic heterocycles. The molecule has 16 heteroatoms. The van der Waals surface area contributed by atoms with E-state index in [4.69, 9.17) is 19.6 Å². The summed E-state index contributed by atoms with van der Waals surface area (Å²) in [6.45, 7) is 9.96. The highest BCUT2D eigenvalue weighted by Gasteiger charge is 2.56. The SMILES string of the molecule is CC(C)(C)[Si](C)(C)O[C@@H]1[C@H](NC(=O)OCCc2ccc([N+](=O)[O-])cc2)[C@@H](CO)O[C@H]1N1CN=C2C1=NC=NC2(N)C(=O)c1ccccc1. The third-order valence-electron chi connectivity index (χ3n) is 9.18. The molecule has 1 saturated heterocycles. The monoisotopic (exact) mass is 679 g/mol. The first-order valence-corrected chi connectivity index (χ1v) is 18.5. The first-order valence-electron chi connectivity index (χ1n) is 15.6. The number of carbonyl (C=O) groups excluding carboxylic acids is 2. The molecule has 0 saturated carbocycles. The second-order valence-corrected chi connectivity index (χ2v) is 18.1. The van der Waals surface area contributed by atoms with Crippen LogP contribution in [-0.2, 0) is 20.3 Å². The maximum Gasteiger partial charge on any atom is 0.407 e. The van der Waals surface area contributed by atoms with E-state index in [0.29, 0.717) is 12.0 Å². The predicted octanol–water partition coefficient (Wildman–Crippen LogP) is 3.03. The number of ether oxygens (including phenoxy) is 2. The second kappa shape index (κ2) is 13.6. The standard InChI is InChI=1S/C32H41N7O8Si/c1-31(2,3)48(4,5)47-25-24(37-30(42)45-16-15-20-11-13-22(14-12-20)39(43)44)23(17-40)46-29(25)38-19-35-26-28(38)34-18-36-32(26,33)27(41)21-9-7-6-8-10-21/h6-14,18,23-25,29,40H,15-17,19,33H2,1-5H3,(H,37,42)/t23-,24-,25-,29-,32?/m1/s1. The van der Waals surface area contributed by atoms with Crippen LogP contribution < -0.4 is 11.1 Å². The molecule has 1 unspecified atom stereocenters. The number of alkyl carbamates (subject to hydrolysis) is 1. The molecule has 15 nitrogen and oxygen atoms in total. The molecule has 0 bridgehead atoms. The van der Waals surface area contributed by atoms with Crippen molar-refractivity contribution < 1.29 is 33.5 Å². The van der Waals surface area contributed by atoms with Gasteiger partial charge in [-0.15, -0.1) is 0 Å². The largest absolute Gasteiger partial charge is 0.449 e. The zero-order chi connectivity index (χ0) is 34.9. The number of nitro groups is 1. The highest BCUT2D eigenvalue weighted by atomic mass is 28.4. The summed E-state index contributed by atoms with van der Waals surface area (Å²) in [4.78, 5) is 52.2. The molecule has 2 aromatic carbocycles. The number of benzene rings is 2. The summed E-state index contributed by atoms with van der Waals surface area (Å²) in [5.74, 6) is -0.161. The molecule has 0 aliphatic carbocycles. The second-order valence-electron chi connectivity index (χ2n) is 13.3. The van der Waals surface area contributed by atoms with Gasteiger partial charge in [0, 0.05) is 24.1 Å². The molecular weight excluding hydrogens is 638 g/mol. The Labute approximate surface area is 279 Å². The van der Waals surface area contributed by atoms with Crippen molar-refractivity contribution in [2.24, 2.45) is 20.7 Å². The van der Waals surface area contributed by atoms with Crippen LogP contribution in [0.2, 0.25) is 18.1 Å². The van der Waals surface area contributed by atoms with Gasteiger partial charge in [-0.3, -0.25) is 25.6 Å². The van der Waals surface area contributed by atoms with Crippen LogP contribution in [0.5, 0.6) is 0 Å². The number of ketones is 1. The number of hydrogen-bond donors (Lipinski definition) is 3. The zero-order valence-electron chi connectivity index (χ0n) is 27.5. The lowest BCUT2D eigenvalue weighted by Crippen LogP contribution is -2.61. The van der Waals surface area contributed by atoms with E-state index in [-0.39, 0.29) is 35.5 Å². The summed E-state index contributed by atoms with van der Waals surface area (Å²) >= 11 is 0. The Morgan fingerprint density at radius 1 is 1.19 bits per heavy atom. The molecule has 48 heavy (non-hydrogen) atoms. The van der Waals surface area contributed by atoms with Gasteiger partial charge in [0.25, 0.3) is 5.69 Å². The lowest BCUT2D eigenvalue weighted by molar-refractivity contribution is -0.384. The quantitative estimate of drug-likeness (QED) is 0.137. The normalized spacial score (nSPS) is 25.3. The Balaban J connectivity index is 1.36. The van der Waals surface area contributed by atoms with E-state index in [2.05, 4.69) is 54.2 Å². The van der Waals surface area contributed by atoms with Crippen LogP contribution in [0, 0.1) is 10.1 Å². The predicted molar refractivity (Wildman–Crippen MR) is 181 cm³/mol. The van der Waals surface area contributed by atoms with Crippen LogP contribution in [0.25, 0.3) is 0 Å². The van der Waals surface area contributed by atoms with E-state index >= 15 is 0 Å². The number of Topliss-reactive ketones (excluding diaryl/α,β-unsaturated/α-hetero) is 1. The zero-order valence-corrected chi connectivity index (χ0v) is 28.5. The van der Waals surface area contributed by atoms with Gasteiger partial charge >= 0.3 is 6.09 Å². The van der Waals surface area contributed by atoms with Crippen LogP contribution >= 0.6 is 0 Å². The summed E-state index contributed by atoms with van der Waals surface area (Å²) in [6, 6.07) is 13.7. The molecule has 5 atom stereocenters. The molecule has 3 heterocycles. The van der Waals surface area contributed by atoms with E-state index < -0.39 is 61.9 Å². The highest BCUT2D eigenvalue weighted by Crippen LogP contribution is 2.41. The first kappa shape index (κ1) is 35.0. The number of amides is 1. The van der Waals surface area contributed by atoms with Crippen molar-refractivity contribution in [1.29, 1.82) is 0 Å². The molecule has 3 aliphatic rings. The number of aliphatic hydroxyl groups excluding tert-OH is 1. The third-order valence-corrected chi connectivity index (χ3v) is 13.7. The molecular formula is C32H41N7O8Si. The fraction of sp³-hybridized carbons (Fsp3) is 0.469. The van der Waals surface area contributed by atoms with Crippen molar-refractivity contribution in [1.82, 2.24) is 10.2 Å². The van der Waals surface area contributed by atoms with Crippen LogP contribution in [0.1, 0.15) is 36.7 Å². The Morgan fingerprint density at radius 3 is 2.50 bits per heavy atom. The lowest BCUT2D eigenvalue weighted by atomic mass is 9.93. The molecule has 0 spiro atoms. The number of nitrogens with one attached hydrogen (secondary N) is 1. The number of nitrogens with two attached hydrogens (primary N) is 1. The number of aliphatic imine (C=N–C) groups is 3. The fourth-order valence-corrected chi connectivity index (χ4v) is 6.74. The summed E-state index contributed by atoms with van der Waals surface area (Å²) in [7, 11) is -2.52. The van der Waals surface area contributed by atoms with Crippen molar-refractivity contribution in [2.45, 2.75) is 75.5 Å². The molecule has 0 radical (unpaired) electrons. The van der Waals surface area contributed by atoms with Gasteiger partial charge in [-0.25, -0.2) is 14.8 Å². The fourth-order valence-electron chi connectivity index (χ4n) is 5.44. The molecule has 5 rings (SSSR count). The number of carbonyl (C=O) groups is 2. The molecule has 3 aliphatic heterocycles. The van der Waals surface area contributed by atoms with Crippen molar-refractivity contribution in [3.05, 3.63) is 75.8 Å². The molecule has 4 N–H and O–H groups in total. The van der Waals surface area contributed by atoms with Gasteiger partial charge in [0.15, 0.2) is 20.4 Å². The minimum Gasteiger partial charge on any atom is -0.449 e. The van der Waals surface area contributed by atoms with Crippen LogP contribution in [0.15, 0.2) is 69.6 Å². The number of amidine groups is 1. The van der Waals surface area contributed by atoms with Crippen LogP contribution in [0.3, 0.4) is 0 Å². The van der Waals surface area contributed by atoms with Crippen molar-refractivity contribution in [3.63, 3.8) is 0 Å². The molecule has 1 fully saturated rings. The smallest absolute Gasteiger partial charge is 0.407 e. The summed E-state index contributed by atoms with van der Waals surface area (Å²) in [5.41, 5.74) is 6.09. The summed E-state index contributed by atoms with van der Waals surface area (Å²) < 4.78 is 18.7. The Morgan fingerprint density at radius 2 is 1.88 bits per heavy atom. The van der Waals surface area contributed by atoms with E-state index in [0.717, 1.165) is 5.56 Å². The van der Waals surface area contributed by atoms with Crippen molar-refractivity contribution >= 4 is 43.8 Å². The molecule has 256 valence electrons. The topological polar surface area (TPSA) is 204 Å².